The lowest BCUT2D eigenvalue weighted by Gasteiger charge is -2.29. The highest BCUT2D eigenvalue weighted by atomic mass is 16.6. The van der Waals surface area contributed by atoms with Crippen molar-refractivity contribution in [2.24, 2.45) is 0 Å². The van der Waals surface area contributed by atoms with Gasteiger partial charge < -0.3 is 4.74 Å². The first kappa shape index (κ1) is 9.85. The summed E-state index contributed by atoms with van der Waals surface area (Å²) in [4.78, 5) is 13.8. The number of piperidine rings is 1. The third-order valence-corrected chi connectivity index (χ3v) is 3.45. The number of carbonyl (C=O) groups is 1. The monoisotopic (exact) mass is 217 g/mol. The van der Waals surface area contributed by atoms with Crippen LogP contribution in [0.2, 0.25) is 0 Å². The lowest BCUT2D eigenvalue weighted by molar-refractivity contribution is -0.143. The van der Waals surface area contributed by atoms with E-state index in [1.807, 2.05) is 18.2 Å². The molecule has 1 aromatic carbocycles. The molecular weight excluding hydrogens is 202 g/mol. The van der Waals surface area contributed by atoms with E-state index < -0.39 is 0 Å². The van der Waals surface area contributed by atoms with Crippen LogP contribution in [0.25, 0.3) is 0 Å². The van der Waals surface area contributed by atoms with Crippen molar-refractivity contribution in [2.45, 2.75) is 31.5 Å². The van der Waals surface area contributed by atoms with Crippen molar-refractivity contribution in [2.75, 3.05) is 6.54 Å². The number of nitrogens with zero attached hydrogens (tertiary/aromatic N) is 1. The summed E-state index contributed by atoms with van der Waals surface area (Å²) in [6.45, 7) is 1.82. The second-order valence-electron chi connectivity index (χ2n) is 4.56. The van der Waals surface area contributed by atoms with E-state index in [1.165, 1.54) is 5.56 Å². The maximum absolute atomic E-state index is 11.6. The van der Waals surface area contributed by atoms with Gasteiger partial charge in [0.05, 0.1) is 0 Å². The highest BCUT2D eigenvalue weighted by Crippen LogP contribution is 2.29. The van der Waals surface area contributed by atoms with Gasteiger partial charge in [0.2, 0.25) is 0 Å². The van der Waals surface area contributed by atoms with Crippen molar-refractivity contribution >= 4 is 5.97 Å². The molecule has 1 aromatic rings. The molecule has 2 atom stereocenters. The minimum Gasteiger partial charge on any atom is -0.461 e. The van der Waals surface area contributed by atoms with Gasteiger partial charge in [0.25, 0.3) is 0 Å². The lowest BCUT2D eigenvalue weighted by atomic mass is 10.0. The van der Waals surface area contributed by atoms with Gasteiger partial charge in [-0.15, -0.1) is 0 Å². The molecule has 2 aliphatic rings. The minimum absolute atomic E-state index is 0.000967. The second kappa shape index (κ2) is 3.91. The molecule has 2 bridgehead atoms. The molecule has 3 rings (SSSR count). The summed E-state index contributed by atoms with van der Waals surface area (Å²) in [6.07, 6.45) is 2.05. The third kappa shape index (κ3) is 1.71. The molecular formula is C13H15NO2. The summed E-state index contributed by atoms with van der Waals surface area (Å²) in [7, 11) is 0. The first-order chi connectivity index (χ1) is 7.83. The SMILES string of the molecule is O=C1O[C@@H]2CCN(Cc3ccccc3)[C@H]1C2. The number of carbonyl (C=O) groups excluding carboxylic acids is 1. The number of rotatable bonds is 2. The first-order valence-electron chi connectivity index (χ1n) is 5.81. The van der Waals surface area contributed by atoms with Crippen molar-refractivity contribution in [1.29, 1.82) is 0 Å². The summed E-state index contributed by atoms with van der Waals surface area (Å²) in [6, 6.07) is 10.3. The van der Waals surface area contributed by atoms with Gasteiger partial charge in [-0.3, -0.25) is 9.69 Å². The van der Waals surface area contributed by atoms with Crippen molar-refractivity contribution in [1.82, 2.24) is 4.90 Å². The molecule has 0 spiro atoms. The van der Waals surface area contributed by atoms with Crippen LogP contribution in [-0.4, -0.2) is 29.6 Å². The standard InChI is InChI=1S/C13H15NO2/c15-13-12-8-11(16-13)6-7-14(12)9-10-4-2-1-3-5-10/h1-5,11-12H,6-9H2/t11-,12+/m1/s1. The number of esters is 1. The first-order valence-corrected chi connectivity index (χ1v) is 5.81. The molecule has 3 heteroatoms. The van der Waals surface area contributed by atoms with Crippen LogP contribution < -0.4 is 0 Å². The number of ether oxygens (including phenoxy) is 1. The largest absolute Gasteiger partial charge is 0.461 e. The van der Waals surface area contributed by atoms with Crippen LogP contribution in [0, 0.1) is 0 Å². The van der Waals surface area contributed by atoms with Crippen molar-refractivity contribution in [3.05, 3.63) is 35.9 Å². The van der Waals surface area contributed by atoms with E-state index in [2.05, 4.69) is 17.0 Å². The molecule has 0 unspecified atom stereocenters. The maximum Gasteiger partial charge on any atom is 0.323 e. The molecule has 2 fully saturated rings. The Balaban J connectivity index is 1.74. The Morgan fingerprint density at radius 2 is 2.12 bits per heavy atom. The van der Waals surface area contributed by atoms with E-state index in [9.17, 15) is 4.79 Å². The highest BCUT2D eigenvalue weighted by Gasteiger charge is 2.42. The van der Waals surface area contributed by atoms with Gasteiger partial charge in [0.1, 0.15) is 12.1 Å². The van der Waals surface area contributed by atoms with Gasteiger partial charge in [-0.05, 0) is 12.0 Å². The highest BCUT2D eigenvalue weighted by molar-refractivity contribution is 5.78. The van der Waals surface area contributed by atoms with Gasteiger partial charge >= 0.3 is 5.97 Å². The average molecular weight is 217 g/mol. The Hall–Kier alpha value is -1.35. The fraction of sp³-hybridized carbons (Fsp3) is 0.462. The summed E-state index contributed by atoms with van der Waals surface area (Å²) in [5, 5.41) is 0. The van der Waals surface area contributed by atoms with Gasteiger partial charge in [0.15, 0.2) is 0 Å². The van der Waals surface area contributed by atoms with E-state index in [4.69, 9.17) is 4.74 Å². The number of benzene rings is 1. The van der Waals surface area contributed by atoms with Crippen LogP contribution >= 0.6 is 0 Å². The maximum atomic E-state index is 11.6. The van der Waals surface area contributed by atoms with Crippen molar-refractivity contribution < 1.29 is 9.53 Å². The molecule has 0 radical (unpaired) electrons. The Morgan fingerprint density at radius 3 is 2.94 bits per heavy atom. The fourth-order valence-electron chi connectivity index (χ4n) is 2.58. The molecule has 3 nitrogen and oxygen atoms in total. The Morgan fingerprint density at radius 1 is 1.31 bits per heavy atom. The Labute approximate surface area is 95.0 Å². The predicted molar refractivity (Wildman–Crippen MR) is 59.8 cm³/mol. The van der Waals surface area contributed by atoms with Crippen LogP contribution in [0.4, 0.5) is 0 Å². The number of hydrogen-bond donors (Lipinski definition) is 0. The van der Waals surface area contributed by atoms with E-state index >= 15 is 0 Å². The van der Waals surface area contributed by atoms with Crippen LogP contribution in [-0.2, 0) is 16.1 Å². The zero-order chi connectivity index (χ0) is 11.0. The van der Waals surface area contributed by atoms with E-state index in [0.717, 1.165) is 25.9 Å². The molecule has 0 amide bonds. The second-order valence-corrected chi connectivity index (χ2v) is 4.56. The van der Waals surface area contributed by atoms with E-state index in [0.29, 0.717) is 0 Å². The molecule has 84 valence electrons. The third-order valence-electron chi connectivity index (χ3n) is 3.45. The van der Waals surface area contributed by atoms with Crippen molar-refractivity contribution in [3.8, 4) is 0 Å². The van der Waals surface area contributed by atoms with E-state index in [1.54, 1.807) is 0 Å². The molecule has 2 heterocycles. The molecule has 0 aliphatic carbocycles. The minimum atomic E-state index is -0.0292. The number of likely N-dealkylation sites (tertiary alicyclic amines) is 1. The van der Waals surface area contributed by atoms with Crippen LogP contribution in [0.3, 0.4) is 0 Å². The molecule has 0 aromatic heterocycles. The Kier molecular flexibility index (Phi) is 2.40. The Bertz CT molecular complexity index is 390. The summed E-state index contributed by atoms with van der Waals surface area (Å²) in [5.41, 5.74) is 1.26. The summed E-state index contributed by atoms with van der Waals surface area (Å²) >= 11 is 0. The molecule has 2 aliphatic heterocycles. The fourth-order valence-corrected chi connectivity index (χ4v) is 2.58. The molecule has 2 saturated heterocycles. The normalized spacial score (nSPS) is 29.1. The lowest BCUT2D eigenvalue weighted by Crippen LogP contribution is -2.41. The molecule has 16 heavy (non-hydrogen) atoms. The van der Waals surface area contributed by atoms with Crippen LogP contribution in [0.15, 0.2) is 30.3 Å². The van der Waals surface area contributed by atoms with Crippen LogP contribution in [0.5, 0.6) is 0 Å². The smallest absolute Gasteiger partial charge is 0.323 e. The summed E-state index contributed by atoms with van der Waals surface area (Å²) in [5.74, 6) is -0.0292. The quantitative estimate of drug-likeness (QED) is 0.704. The topological polar surface area (TPSA) is 29.5 Å². The average Bonchev–Trinajstić information content (AvgIpc) is 2.61. The molecule has 0 saturated carbocycles. The number of hydrogen-bond acceptors (Lipinski definition) is 3. The van der Waals surface area contributed by atoms with E-state index in [-0.39, 0.29) is 18.1 Å². The van der Waals surface area contributed by atoms with Crippen LogP contribution in [0.1, 0.15) is 18.4 Å². The zero-order valence-electron chi connectivity index (χ0n) is 9.13. The van der Waals surface area contributed by atoms with Gasteiger partial charge in [-0.1, -0.05) is 30.3 Å². The molecule has 0 N–H and O–H groups in total. The number of fused-ring (bicyclic) bond motifs is 2. The van der Waals surface area contributed by atoms with Gasteiger partial charge in [-0.25, -0.2) is 0 Å². The van der Waals surface area contributed by atoms with Crippen molar-refractivity contribution in [3.63, 3.8) is 0 Å². The zero-order valence-corrected chi connectivity index (χ0v) is 9.13. The predicted octanol–water partition coefficient (Wildman–Crippen LogP) is 1.58. The van der Waals surface area contributed by atoms with Gasteiger partial charge in [-0.2, -0.15) is 0 Å². The summed E-state index contributed by atoms with van der Waals surface area (Å²) < 4.78 is 5.27. The van der Waals surface area contributed by atoms with Gasteiger partial charge in [0, 0.05) is 19.5 Å².